The Hall–Kier alpha value is -1.66. The largest absolute Gasteiger partial charge is 0.355 e. The molecule has 1 fully saturated rings. The highest BCUT2D eigenvalue weighted by molar-refractivity contribution is 5.85. The Balaban J connectivity index is 0.00000220. The van der Waals surface area contributed by atoms with Crippen LogP contribution in [0.15, 0.2) is 24.3 Å². The number of carbonyl (C=O) groups excluding carboxylic acids is 1. The lowest BCUT2D eigenvalue weighted by Crippen LogP contribution is -2.39. The molecule has 2 atom stereocenters. The van der Waals surface area contributed by atoms with Crippen LogP contribution in [0.4, 0.5) is 5.69 Å². The minimum absolute atomic E-state index is 0. The molecular weight excluding hydrogens is 294 g/mol. The number of hydrogen-bond acceptors (Lipinski definition) is 4. The molecule has 2 unspecified atom stereocenters. The van der Waals surface area contributed by atoms with Gasteiger partial charge in [-0.1, -0.05) is 18.6 Å². The van der Waals surface area contributed by atoms with E-state index >= 15 is 0 Å². The number of non-ortho nitro benzene ring substituents is 1. The number of nitrogens with one attached hydrogen (secondary N) is 1. The van der Waals surface area contributed by atoms with Gasteiger partial charge >= 0.3 is 0 Å². The van der Waals surface area contributed by atoms with Crippen molar-refractivity contribution in [1.82, 2.24) is 5.32 Å². The summed E-state index contributed by atoms with van der Waals surface area (Å²) < 4.78 is 0. The number of nitro benzene ring substituents is 1. The van der Waals surface area contributed by atoms with E-state index in [9.17, 15) is 14.9 Å². The Morgan fingerprint density at radius 3 is 2.52 bits per heavy atom. The summed E-state index contributed by atoms with van der Waals surface area (Å²) in [6, 6.07) is 6.36. The average molecular weight is 314 g/mol. The van der Waals surface area contributed by atoms with Crippen molar-refractivity contribution in [2.24, 2.45) is 11.7 Å². The normalized spacial score (nSPS) is 20.6. The van der Waals surface area contributed by atoms with Crippen molar-refractivity contribution >= 4 is 24.0 Å². The number of benzene rings is 1. The van der Waals surface area contributed by atoms with Crippen LogP contribution in [-0.4, -0.2) is 23.4 Å². The van der Waals surface area contributed by atoms with Crippen molar-refractivity contribution in [2.45, 2.75) is 31.7 Å². The van der Waals surface area contributed by atoms with Gasteiger partial charge in [0.1, 0.15) is 0 Å². The zero-order valence-corrected chi connectivity index (χ0v) is 12.5. The van der Waals surface area contributed by atoms with Crippen molar-refractivity contribution in [1.29, 1.82) is 0 Å². The van der Waals surface area contributed by atoms with Gasteiger partial charge in [-0.2, -0.15) is 0 Å². The van der Waals surface area contributed by atoms with Crippen molar-refractivity contribution in [3.8, 4) is 0 Å². The molecule has 0 bridgehead atoms. The molecule has 0 heterocycles. The molecule has 1 aromatic carbocycles. The van der Waals surface area contributed by atoms with E-state index in [-0.39, 0.29) is 36.0 Å². The number of rotatable bonds is 5. The molecule has 1 aromatic rings. The van der Waals surface area contributed by atoms with E-state index in [4.69, 9.17) is 5.73 Å². The standard InChI is InChI=1S/C14H19N3O3.ClH/c15-13-3-1-2-12(13)14(18)16-9-8-10-4-6-11(7-5-10)17(19)20;/h4-7,12-13H,1-3,8-9,15H2,(H,16,18);1H. The van der Waals surface area contributed by atoms with Crippen LogP contribution < -0.4 is 11.1 Å². The van der Waals surface area contributed by atoms with Gasteiger partial charge in [0.25, 0.3) is 5.69 Å². The fraction of sp³-hybridized carbons (Fsp3) is 0.500. The minimum Gasteiger partial charge on any atom is -0.355 e. The van der Waals surface area contributed by atoms with E-state index < -0.39 is 4.92 Å². The van der Waals surface area contributed by atoms with Crippen LogP contribution >= 0.6 is 12.4 Å². The van der Waals surface area contributed by atoms with Crippen LogP contribution in [0, 0.1) is 16.0 Å². The van der Waals surface area contributed by atoms with Crippen molar-refractivity contribution in [3.05, 3.63) is 39.9 Å². The number of hydrogen-bond donors (Lipinski definition) is 2. The first kappa shape index (κ1) is 17.4. The third-order valence-corrected chi connectivity index (χ3v) is 3.77. The van der Waals surface area contributed by atoms with Gasteiger partial charge in [0.05, 0.1) is 10.8 Å². The van der Waals surface area contributed by atoms with E-state index in [0.29, 0.717) is 13.0 Å². The third kappa shape index (κ3) is 4.68. The first-order valence-corrected chi connectivity index (χ1v) is 6.84. The van der Waals surface area contributed by atoms with Crippen LogP contribution in [0.5, 0.6) is 0 Å². The molecule has 1 amide bonds. The van der Waals surface area contributed by atoms with Crippen molar-refractivity contribution in [3.63, 3.8) is 0 Å². The Kier molecular flexibility index (Phi) is 6.58. The van der Waals surface area contributed by atoms with E-state index in [1.165, 1.54) is 12.1 Å². The zero-order chi connectivity index (χ0) is 14.5. The molecule has 6 nitrogen and oxygen atoms in total. The van der Waals surface area contributed by atoms with E-state index in [1.54, 1.807) is 12.1 Å². The van der Waals surface area contributed by atoms with Gasteiger partial charge in [0.15, 0.2) is 0 Å². The molecule has 21 heavy (non-hydrogen) atoms. The molecule has 0 aliphatic heterocycles. The topological polar surface area (TPSA) is 98.3 Å². The summed E-state index contributed by atoms with van der Waals surface area (Å²) in [5, 5.41) is 13.4. The molecule has 1 saturated carbocycles. The smallest absolute Gasteiger partial charge is 0.269 e. The fourth-order valence-corrected chi connectivity index (χ4v) is 2.56. The first-order valence-electron chi connectivity index (χ1n) is 6.84. The van der Waals surface area contributed by atoms with Gasteiger partial charge in [0, 0.05) is 24.7 Å². The number of nitrogens with two attached hydrogens (primary N) is 1. The predicted octanol–water partition coefficient (Wildman–Crippen LogP) is 1.80. The van der Waals surface area contributed by atoms with Gasteiger partial charge in [0.2, 0.25) is 5.91 Å². The Morgan fingerprint density at radius 1 is 1.33 bits per heavy atom. The van der Waals surface area contributed by atoms with Crippen LogP contribution in [0.1, 0.15) is 24.8 Å². The van der Waals surface area contributed by atoms with Gasteiger partial charge in [-0.25, -0.2) is 0 Å². The lowest BCUT2D eigenvalue weighted by molar-refractivity contribution is -0.384. The highest BCUT2D eigenvalue weighted by Gasteiger charge is 2.29. The summed E-state index contributed by atoms with van der Waals surface area (Å²) in [6.45, 7) is 0.528. The predicted molar refractivity (Wildman–Crippen MR) is 82.4 cm³/mol. The molecule has 2 rings (SSSR count). The zero-order valence-electron chi connectivity index (χ0n) is 11.7. The van der Waals surface area contributed by atoms with E-state index in [2.05, 4.69) is 5.32 Å². The number of amides is 1. The number of nitro groups is 1. The lowest BCUT2D eigenvalue weighted by Gasteiger charge is -2.15. The number of nitrogens with zero attached hydrogens (tertiary/aromatic N) is 1. The Bertz CT molecular complexity index is 493. The van der Waals surface area contributed by atoms with E-state index in [0.717, 1.165) is 24.8 Å². The Labute approximate surface area is 129 Å². The molecule has 1 aliphatic rings. The molecule has 1 aliphatic carbocycles. The summed E-state index contributed by atoms with van der Waals surface area (Å²) >= 11 is 0. The second-order valence-corrected chi connectivity index (χ2v) is 5.17. The van der Waals surface area contributed by atoms with Crippen LogP contribution in [-0.2, 0) is 11.2 Å². The minimum atomic E-state index is -0.424. The maximum atomic E-state index is 11.9. The number of halogens is 1. The molecule has 0 spiro atoms. The average Bonchev–Trinajstić information content (AvgIpc) is 2.85. The van der Waals surface area contributed by atoms with Crippen LogP contribution in [0.3, 0.4) is 0 Å². The summed E-state index contributed by atoms with van der Waals surface area (Å²) in [7, 11) is 0. The summed E-state index contributed by atoms with van der Waals surface area (Å²) in [5.41, 5.74) is 6.93. The molecule has 3 N–H and O–H groups in total. The maximum Gasteiger partial charge on any atom is 0.269 e. The summed E-state index contributed by atoms with van der Waals surface area (Å²) in [6.07, 6.45) is 3.46. The second kappa shape index (κ2) is 7.95. The highest BCUT2D eigenvalue weighted by Crippen LogP contribution is 2.23. The molecule has 0 aromatic heterocycles. The van der Waals surface area contributed by atoms with Crippen molar-refractivity contribution in [2.75, 3.05) is 6.54 Å². The SMILES string of the molecule is Cl.NC1CCCC1C(=O)NCCc1ccc([N+](=O)[O-])cc1. The first-order chi connectivity index (χ1) is 9.58. The van der Waals surface area contributed by atoms with Gasteiger partial charge in [-0.3, -0.25) is 14.9 Å². The fourth-order valence-electron chi connectivity index (χ4n) is 2.56. The van der Waals surface area contributed by atoms with Gasteiger partial charge in [-0.15, -0.1) is 12.4 Å². The summed E-state index contributed by atoms with van der Waals surface area (Å²) in [5.74, 6) is -0.0382. The van der Waals surface area contributed by atoms with Crippen LogP contribution in [0.2, 0.25) is 0 Å². The quantitative estimate of drug-likeness (QED) is 0.639. The lowest BCUT2D eigenvalue weighted by atomic mass is 10.0. The molecule has 0 saturated heterocycles. The van der Waals surface area contributed by atoms with Crippen LogP contribution in [0.25, 0.3) is 0 Å². The molecule has 7 heteroatoms. The maximum absolute atomic E-state index is 11.9. The Morgan fingerprint density at radius 2 is 2.00 bits per heavy atom. The van der Waals surface area contributed by atoms with Crippen molar-refractivity contribution < 1.29 is 9.72 Å². The molecule has 116 valence electrons. The van der Waals surface area contributed by atoms with Gasteiger partial charge < -0.3 is 11.1 Å². The number of carbonyl (C=O) groups is 1. The third-order valence-electron chi connectivity index (χ3n) is 3.77. The molecular formula is C14H20ClN3O3. The van der Waals surface area contributed by atoms with Gasteiger partial charge in [-0.05, 0) is 24.8 Å². The molecule has 0 radical (unpaired) electrons. The summed E-state index contributed by atoms with van der Waals surface area (Å²) in [4.78, 5) is 22.0. The van der Waals surface area contributed by atoms with E-state index in [1.807, 2.05) is 0 Å². The highest BCUT2D eigenvalue weighted by atomic mass is 35.5. The second-order valence-electron chi connectivity index (χ2n) is 5.17. The monoisotopic (exact) mass is 313 g/mol.